The number of allylic oxidation sites excluding steroid dienone is 2. The first kappa shape index (κ1) is 25.3. The third-order valence-electron chi connectivity index (χ3n) is 10.6. The van der Waals surface area contributed by atoms with Gasteiger partial charge in [0.25, 0.3) is 5.91 Å². The van der Waals surface area contributed by atoms with Gasteiger partial charge < -0.3 is 20.4 Å². The molecule has 0 spiro atoms. The molecule has 0 saturated heterocycles. The highest BCUT2D eigenvalue weighted by molar-refractivity contribution is 5.96. The molecule has 3 fully saturated rings. The normalized spacial score (nSPS) is 38.5. The van der Waals surface area contributed by atoms with E-state index in [2.05, 4.69) is 37.3 Å². The van der Waals surface area contributed by atoms with Crippen molar-refractivity contribution in [1.82, 2.24) is 5.32 Å². The standard InChI is InChI=1S/C30H42N2O4/c1-28-14-10-22(32-36-19-27(34)31-17-13-20-4-7-23(33)8-5-20)18-21(28)6-9-24-25(28)11-15-29(2)26(24)12-16-30(29,3)35/h4-5,7-8,18,24-26,33,35H,6,9-17,19H2,1-3H3,(H,31,34)/b32-22+/t24-,25+,26+,28+,29+,30+/m1/s1. The Balaban J connectivity index is 1.15. The Morgan fingerprint density at radius 2 is 1.81 bits per heavy atom. The smallest absolute Gasteiger partial charge is 0.260 e. The number of benzene rings is 1. The summed E-state index contributed by atoms with van der Waals surface area (Å²) in [6.07, 6.45) is 11.7. The molecule has 0 heterocycles. The number of fused-ring (bicyclic) bond motifs is 5. The molecule has 3 saturated carbocycles. The summed E-state index contributed by atoms with van der Waals surface area (Å²) in [7, 11) is 0. The third-order valence-corrected chi connectivity index (χ3v) is 10.6. The highest BCUT2D eigenvalue weighted by atomic mass is 16.6. The number of aromatic hydroxyl groups is 1. The van der Waals surface area contributed by atoms with Crippen LogP contribution in [0.15, 0.2) is 41.1 Å². The van der Waals surface area contributed by atoms with E-state index < -0.39 is 5.60 Å². The van der Waals surface area contributed by atoms with Crippen LogP contribution in [-0.2, 0) is 16.1 Å². The number of hydrogen-bond acceptors (Lipinski definition) is 5. The molecule has 0 aliphatic heterocycles. The number of carbonyl (C=O) groups is 1. The highest BCUT2D eigenvalue weighted by Gasteiger charge is 2.62. The minimum Gasteiger partial charge on any atom is -0.508 e. The van der Waals surface area contributed by atoms with E-state index in [1.807, 2.05) is 12.1 Å². The number of hydrogen-bond donors (Lipinski definition) is 3. The molecule has 6 atom stereocenters. The zero-order valence-electron chi connectivity index (χ0n) is 22.1. The van der Waals surface area contributed by atoms with Gasteiger partial charge in [-0.1, -0.05) is 36.7 Å². The average molecular weight is 495 g/mol. The second-order valence-electron chi connectivity index (χ2n) is 12.4. The van der Waals surface area contributed by atoms with Crippen molar-refractivity contribution in [3.8, 4) is 5.75 Å². The van der Waals surface area contributed by atoms with Crippen molar-refractivity contribution in [2.45, 2.75) is 84.2 Å². The first-order valence-corrected chi connectivity index (χ1v) is 13.8. The molecule has 6 nitrogen and oxygen atoms in total. The van der Waals surface area contributed by atoms with Crippen LogP contribution < -0.4 is 5.32 Å². The zero-order valence-corrected chi connectivity index (χ0v) is 22.1. The minimum atomic E-state index is -0.527. The number of amides is 1. The summed E-state index contributed by atoms with van der Waals surface area (Å²) in [5.41, 5.74) is 3.25. The van der Waals surface area contributed by atoms with Crippen LogP contribution in [0.2, 0.25) is 0 Å². The molecule has 4 aliphatic rings. The van der Waals surface area contributed by atoms with Gasteiger partial charge in [-0.25, -0.2) is 0 Å². The molecule has 0 unspecified atom stereocenters. The molecular weight excluding hydrogens is 452 g/mol. The largest absolute Gasteiger partial charge is 0.508 e. The van der Waals surface area contributed by atoms with Crippen LogP contribution in [0.3, 0.4) is 0 Å². The summed E-state index contributed by atoms with van der Waals surface area (Å²) in [4.78, 5) is 17.6. The van der Waals surface area contributed by atoms with Crippen LogP contribution in [0.5, 0.6) is 5.75 Å². The molecular formula is C30H42N2O4. The van der Waals surface area contributed by atoms with E-state index in [9.17, 15) is 15.0 Å². The second-order valence-corrected chi connectivity index (χ2v) is 12.4. The van der Waals surface area contributed by atoms with E-state index in [1.54, 1.807) is 12.1 Å². The van der Waals surface area contributed by atoms with E-state index in [1.165, 1.54) is 18.4 Å². The van der Waals surface area contributed by atoms with Crippen LogP contribution in [-0.4, -0.2) is 40.6 Å². The van der Waals surface area contributed by atoms with Crippen molar-refractivity contribution in [1.29, 1.82) is 0 Å². The predicted octanol–water partition coefficient (Wildman–Crippen LogP) is 5.14. The van der Waals surface area contributed by atoms with Crippen LogP contribution >= 0.6 is 0 Å². The molecule has 1 amide bonds. The summed E-state index contributed by atoms with van der Waals surface area (Å²) in [5.74, 6) is 2.09. The monoisotopic (exact) mass is 494 g/mol. The van der Waals surface area contributed by atoms with Gasteiger partial charge in [0.05, 0.1) is 11.3 Å². The number of nitrogens with one attached hydrogen (secondary N) is 1. The van der Waals surface area contributed by atoms with Crippen LogP contribution in [0, 0.1) is 28.6 Å². The Kier molecular flexibility index (Phi) is 6.69. The maximum Gasteiger partial charge on any atom is 0.260 e. The van der Waals surface area contributed by atoms with Gasteiger partial charge in [-0.15, -0.1) is 0 Å². The lowest BCUT2D eigenvalue weighted by molar-refractivity contribution is -0.125. The van der Waals surface area contributed by atoms with Crippen LogP contribution in [0.4, 0.5) is 0 Å². The predicted molar refractivity (Wildman–Crippen MR) is 141 cm³/mol. The maximum absolute atomic E-state index is 12.1. The number of phenolic OH excluding ortho intramolecular Hbond substituents is 1. The molecule has 4 aliphatic carbocycles. The van der Waals surface area contributed by atoms with Gasteiger partial charge in [0.2, 0.25) is 0 Å². The van der Waals surface area contributed by atoms with E-state index in [0.717, 1.165) is 49.8 Å². The maximum atomic E-state index is 12.1. The lowest BCUT2D eigenvalue weighted by Gasteiger charge is -2.59. The molecule has 0 aromatic heterocycles. The van der Waals surface area contributed by atoms with Gasteiger partial charge >= 0.3 is 0 Å². The molecule has 0 radical (unpaired) electrons. The number of carbonyl (C=O) groups excluding carboxylic acids is 1. The van der Waals surface area contributed by atoms with E-state index >= 15 is 0 Å². The van der Waals surface area contributed by atoms with Crippen molar-refractivity contribution in [2.24, 2.45) is 33.7 Å². The summed E-state index contributed by atoms with van der Waals surface area (Å²) >= 11 is 0. The van der Waals surface area contributed by atoms with Gasteiger partial charge in [0.1, 0.15) is 5.75 Å². The lowest BCUT2D eigenvalue weighted by Crippen LogP contribution is -2.53. The Bertz CT molecular complexity index is 1050. The Hall–Kier alpha value is -2.34. The highest BCUT2D eigenvalue weighted by Crippen LogP contribution is 2.67. The average Bonchev–Trinajstić information content (AvgIpc) is 3.09. The number of oxime groups is 1. The fourth-order valence-corrected chi connectivity index (χ4v) is 8.12. The topological polar surface area (TPSA) is 91.2 Å². The first-order chi connectivity index (χ1) is 17.1. The minimum absolute atomic E-state index is 0.0610. The summed E-state index contributed by atoms with van der Waals surface area (Å²) in [5, 5.41) is 27.7. The molecule has 36 heavy (non-hydrogen) atoms. The van der Waals surface area contributed by atoms with Crippen molar-refractivity contribution in [2.75, 3.05) is 13.2 Å². The van der Waals surface area contributed by atoms with E-state index in [0.29, 0.717) is 30.7 Å². The zero-order chi connectivity index (χ0) is 25.6. The van der Waals surface area contributed by atoms with Gasteiger partial charge in [-0.05, 0) is 117 Å². The molecule has 0 bridgehead atoms. The lowest BCUT2D eigenvalue weighted by atomic mass is 9.46. The van der Waals surface area contributed by atoms with Crippen LogP contribution in [0.25, 0.3) is 0 Å². The van der Waals surface area contributed by atoms with Crippen molar-refractivity contribution in [3.63, 3.8) is 0 Å². The van der Waals surface area contributed by atoms with Crippen molar-refractivity contribution >= 4 is 11.6 Å². The van der Waals surface area contributed by atoms with E-state index in [4.69, 9.17) is 4.84 Å². The summed E-state index contributed by atoms with van der Waals surface area (Å²) in [6, 6.07) is 7.00. The van der Waals surface area contributed by atoms with Crippen molar-refractivity contribution in [3.05, 3.63) is 41.5 Å². The molecule has 1 aromatic carbocycles. The quantitative estimate of drug-likeness (QED) is 0.478. The van der Waals surface area contributed by atoms with E-state index in [-0.39, 0.29) is 29.1 Å². The molecule has 3 N–H and O–H groups in total. The second kappa shape index (κ2) is 9.51. The Labute approximate surface area is 215 Å². The SMILES string of the molecule is C[C@]12CC/C(=N\OCC(=O)NCCc3ccc(O)cc3)C=C1CC[C@@H]1[C@@H]2CC[C@@]2(C)[C@H]1CC[C@]2(C)O. The fraction of sp³-hybridized carbons (Fsp3) is 0.667. The molecule has 1 aromatic rings. The summed E-state index contributed by atoms with van der Waals surface area (Å²) < 4.78 is 0. The van der Waals surface area contributed by atoms with Gasteiger partial charge in [0.15, 0.2) is 6.61 Å². The fourth-order valence-electron chi connectivity index (χ4n) is 8.12. The van der Waals surface area contributed by atoms with Gasteiger partial charge in [-0.2, -0.15) is 0 Å². The number of phenols is 1. The molecule has 6 heteroatoms. The molecule has 196 valence electrons. The number of rotatable bonds is 6. The number of aliphatic hydroxyl groups is 1. The van der Waals surface area contributed by atoms with Crippen LogP contribution in [0.1, 0.15) is 77.7 Å². The Morgan fingerprint density at radius 3 is 2.58 bits per heavy atom. The number of nitrogens with zero attached hydrogens (tertiary/aromatic N) is 1. The molecule has 5 rings (SSSR count). The van der Waals surface area contributed by atoms with Gasteiger partial charge in [0, 0.05) is 6.54 Å². The van der Waals surface area contributed by atoms with Crippen molar-refractivity contribution < 1.29 is 19.8 Å². The van der Waals surface area contributed by atoms with Gasteiger partial charge in [-0.3, -0.25) is 4.79 Å². The Morgan fingerprint density at radius 1 is 1.06 bits per heavy atom. The first-order valence-electron chi connectivity index (χ1n) is 13.8. The summed E-state index contributed by atoms with van der Waals surface area (Å²) in [6.45, 7) is 7.32. The third kappa shape index (κ3) is 4.46.